The molecule has 106 valence electrons. The van der Waals surface area contributed by atoms with Gasteiger partial charge in [-0.3, -0.25) is 9.69 Å². The van der Waals surface area contributed by atoms with E-state index in [0.29, 0.717) is 11.7 Å². The standard InChI is InChI=1S/C16H21N3O/c1-11(20)15-3-2-4-16(17-15)19-9-14(10-19)18-7-12-5-13(6-12)8-18/h2-4,12-14H,5-10H2,1H3. The van der Waals surface area contributed by atoms with Gasteiger partial charge in [0.25, 0.3) is 0 Å². The largest absolute Gasteiger partial charge is 0.353 e. The van der Waals surface area contributed by atoms with Gasteiger partial charge in [-0.1, -0.05) is 6.07 Å². The van der Waals surface area contributed by atoms with Gasteiger partial charge in [-0.05, 0) is 36.8 Å². The highest BCUT2D eigenvalue weighted by molar-refractivity contribution is 5.92. The molecule has 0 radical (unpaired) electrons. The Balaban J connectivity index is 1.38. The van der Waals surface area contributed by atoms with E-state index in [0.717, 1.165) is 30.7 Å². The lowest BCUT2D eigenvalue weighted by molar-refractivity contribution is -0.00580. The summed E-state index contributed by atoms with van der Waals surface area (Å²) in [7, 11) is 0. The van der Waals surface area contributed by atoms with Crippen LogP contribution < -0.4 is 4.90 Å². The molecule has 3 aliphatic heterocycles. The fraction of sp³-hybridized carbons (Fsp3) is 0.625. The van der Waals surface area contributed by atoms with Crippen LogP contribution in [-0.2, 0) is 0 Å². The van der Waals surface area contributed by atoms with Crippen LogP contribution in [0.4, 0.5) is 5.82 Å². The molecule has 4 nitrogen and oxygen atoms in total. The smallest absolute Gasteiger partial charge is 0.178 e. The van der Waals surface area contributed by atoms with Gasteiger partial charge in [0.15, 0.2) is 5.78 Å². The number of pyridine rings is 1. The molecule has 0 N–H and O–H groups in total. The number of nitrogens with zero attached hydrogens (tertiary/aromatic N) is 3. The Hall–Kier alpha value is -1.42. The fourth-order valence-corrected chi connectivity index (χ4v) is 3.88. The highest BCUT2D eigenvalue weighted by Crippen LogP contribution is 2.41. The van der Waals surface area contributed by atoms with Crippen molar-refractivity contribution in [1.29, 1.82) is 0 Å². The molecule has 1 aliphatic carbocycles. The summed E-state index contributed by atoms with van der Waals surface area (Å²) in [5.41, 5.74) is 0.574. The van der Waals surface area contributed by atoms with E-state index in [2.05, 4.69) is 14.8 Å². The predicted molar refractivity (Wildman–Crippen MR) is 78.0 cm³/mol. The average molecular weight is 271 g/mol. The van der Waals surface area contributed by atoms with E-state index < -0.39 is 0 Å². The number of carbonyl (C=O) groups excluding carboxylic acids is 1. The first-order valence-corrected chi connectivity index (χ1v) is 7.66. The molecular formula is C16H21N3O. The number of Topliss-reactive ketones (excluding diaryl/α,β-unsaturated/α-hetero) is 1. The van der Waals surface area contributed by atoms with E-state index in [1.54, 1.807) is 13.0 Å². The lowest BCUT2D eigenvalue weighted by Crippen LogP contribution is -2.64. The lowest BCUT2D eigenvalue weighted by atomic mass is 9.70. The quantitative estimate of drug-likeness (QED) is 0.786. The molecule has 0 atom stereocenters. The van der Waals surface area contributed by atoms with Crippen molar-refractivity contribution in [3.05, 3.63) is 23.9 Å². The van der Waals surface area contributed by atoms with E-state index in [1.165, 1.54) is 25.9 Å². The van der Waals surface area contributed by atoms with Gasteiger partial charge < -0.3 is 4.90 Å². The van der Waals surface area contributed by atoms with Gasteiger partial charge in [0, 0.05) is 39.1 Å². The molecule has 0 unspecified atom stereocenters. The van der Waals surface area contributed by atoms with Crippen LogP contribution in [0.3, 0.4) is 0 Å². The topological polar surface area (TPSA) is 36.4 Å². The number of hydrogen-bond acceptors (Lipinski definition) is 4. The fourth-order valence-electron chi connectivity index (χ4n) is 3.88. The molecule has 5 rings (SSSR count). The Morgan fingerprint density at radius 3 is 2.50 bits per heavy atom. The zero-order valence-electron chi connectivity index (χ0n) is 12.0. The Morgan fingerprint density at radius 2 is 1.85 bits per heavy atom. The van der Waals surface area contributed by atoms with Crippen LogP contribution in [0.2, 0.25) is 0 Å². The van der Waals surface area contributed by atoms with Crippen molar-refractivity contribution in [3.63, 3.8) is 0 Å². The molecule has 1 saturated carbocycles. The van der Waals surface area contributed by atoms with Crippen LogP contribution in [0, 0.1) is 11.8 Å². The summed E-state index contributed by atoms with van der Waals surface area (Å²) in [5.74, 6) is 2.94. The van der Waals surface area contributed by atoms with Gasteiger partial charge in [-0.15, -0.1) is 0 Å². The van der Waals surface area contributed by atoms with E-state index in [4.69, 9.17) is 0 Å². The number of hydrogen-bond donors (Lipinski definition) is 0. The third-order valence-corrected chi connectivity index (χ3v) is 5.12. The molecular weight excluding hydrogens is 250 g/mol. The summed E-state index contributed by atoms with van der Waals surface area (Å²) < 4.78 is 0. The first-order valence-electron chi connectivity index (χ1n) is 7.66. The van der Waals surface area contributed by atoms with Crippen LogP contribution in [0.25, 0.3) is 0 Å². The van der Waals surface area contributed by atoms with Crippen LogP contribution in [0.1, 0.15) is 30.3 Å². The highest BCUT2D eigenvalue weighted by Gasteiger charge is 2.42. The number of aromatic nitrogens is 1. The van der Waals surface area contributed by atoms with Crippen LogP contribution in [-0.4, -0.2) is 47.9 Å². The maximum atomic E-state index is 11.4. The Kier molecular flexibility index (Phi) is 2.81. The van der Waals surface area contributed by atoms with E-state index in [1.807, 2.05) is 12.1 Å². The molecule has 1 aromatic rings. The second-order valence-corrected chi connectivity index (χ2v) is 6.65. The maximum absolute atomic E-state index is 11.4. The molecule has 0 aromatic carbocycles. The van der Waals surface area contributed by atoms with Gasteiger partial charge in [0.2, 0.25) is 0 Å². The first-order chi connectivity index (χ1) is 9.69. The van der Waals surface area contributed by atoms with Gasteiger partial charge >= 0.3 is 0 Å². The molecule has 4 heterocycles. The van der Waals surface area contributed by atoms with E-state index in [-0.39, 0.29) is 5.78 Å². The highest BCUT2D eigenvalue weighted by atomic mass is 16.1. The van der Waals surface area contributed by atoms with Crippen molar-refractivity contribution in [1.82, 2.24) is 9.88 Å². The minimum absolute atomic E-state index is 0.0417. The van der Waals surface area contributed by atoms with E-state index in [9.17, 15) is 4.79 Å². The van der Waals surface area contributed by atoms with Crippen molar-refractivity contribution in [2.24, 2.45) is 11.8 Å². The second-order valence-electron chi connectivity index (χ2n) is 6.65. The minimum atomic E-state index is 0.0417. The van der Waals surface area contributed by atoms with Crippen molar-refractivity contribution in [3.8, 4) is 0 Å². The zero-order valence-corrected chi connectivity index (χ0v) is 12.0. The second kappa shape index (κ2) is 4.55. The van der Waals surface area contributed by atoms with Gasteiger partial charge in [0.05, 0.1) is 0 Å². The third kappa shape index (κ3) is 2.03. The van der Waals surface area contributed by atoms with Crippen molar-refractivity contribution >= 4 is 11.6 Å². The first kappa shape index (κ1) is 12.3. The Morgan fingerprint density at radius 1 is 1.15 bits per heavy atom. The Bertz CT molecular complexity index is 522. The molecule has 0 amide bonds. The van der Waals surface area contributed by atoms with Crippen LogP contribution >= 0.6 is 0 Å². The molecule has 0 spiro atoms. The number of anilines is 1. The zero-order chi connectivity index (χ0) is 13.7. The third-order valence-electron chi connectivity index (χ3n) is 5.12. The molecule has 20 heavy (non-hydrogen) atoms. The minimum Gasteiger partial charge on any atom is -0.353 e. The number of ketones is 1. The summed E-state index contributed by atoms with van der Waals surface area (Å²) in [6.45, 7) is 6.30. The van der Waals surface area contributed by atoms with Gasteiger partial charge in [-0.2, -0.15) is 0 Å². The van der Waals surface area contributed by atoms with Crippen LogP contribution in [0.15, 0.2) is 18.2 Å². The average Bonchev–Trinajstić information content (AvgIpc) is 2.36. The molecule has 1 aromatic heterocycles. The summed E-state index contributed by atoms with van der Waals surface area (Å²) >= 11 is 0. The summed E-state index contributed by atoms with van der Waals surface area (Å²) in [5, 5.41) is 0. The van der Waals surface area contributed by atoms with Crippen LogP contribution in [0.5, 0.6) is 0 Å². The maximum Gasteiger partial charge on any atom is 0.178 e. The van der Waals surface area contributed by atoms with Gasteiger partial charge in [0.1, 0.15) is 11.5 Å². The molecule has 4 fully saturated rings. The molecule has 4 aliphatic rings. The summed E-state index contributed by atoms with van der Waals surface area (Å²) in [6, 6.07) is 6.43. The molecule has 3 saturated heterocycles. The number of piperidine rings is 2. The lowest BCUT2D eigenvalue weighted by Gasteiger charge is -2.54. The predicted octanol–water partition coefficient (Wildman–Crippen LogP) is 1.81. The summed E-state index contributed by atoms with van der Waals surface area (Å²) in [6.07, 6.45) is 2.93. The van der Waals surface area contributed by atoms with Crippen molar-refractivity contribution in [2.75, 3.05) is 31.1 Å². The Labute approximate surface area is 119 Å². The molecule has 4 heteroatoms. The monoisotopic (exact) mass is 271 g/mol. The van der Waals surface area contributed by atoms with Crippen molar-refractivity contribution < 1.29 is 4.79 Å². The summed E-state index contributed by atoms with van der Waals surface area (Å²) in [4.78, 5) is 20.8. The number of carbonyl (C=O) groups is 1. The SMILES string of the molecule is CC(=O)c1cccc(N2CC(N3CC4CC(C4)C3)C2)n1. The number of rotatable bonds is 3. The van der Waals surface area contributed by atoms with Crippen molar-refractivity contribution in [2.45, 2.75) is 25.8 Å². The number of fused-ring (bicyclic) bond motifs is 2. The molecule has 2 bridgehead atoms. The van der Waals surface area contributed by atoms with E-state index >= 15 is 0 Å². The van der Waals surface area contributed by atoms with Gasteiger partial charge in [-0.25, -0.2) is 4.98 Å². The normalized spacial score (nSPS) is 29.8.